The lowest BCUT2D eigenvalue weighted by Gasteiger charge is -2.36. The average molecular weight is 274 g/mol. The zero-order valence-corrected chi connectivity index (χ0v) is 12.9. The minimum absolute atomic E-state index is 0.613. The van der Waals surface area contributed by atoms with Crippen molar-refractivity contribution in [2.24, 2.45) is 5.92 Å². The Kier molecular flexibility index (Phi) is 3.99. The van der Waals surface area contributed by atoms with Gasteiger partial charge in [0.1, 0.15) is 5.75 Å². The number of aryl methyl sites for hydroxylation is 2. The third-order valence-electron chi connectivity index (χ3n) is 4.72. The van der Waals surface area contributed by atoms with E-state index in [2.05, 4.69) is 36.2 Å². The number of hydrogen-bond donors (Lipinski definition) is 1. The molecule has 3 nitrogen and oxygen atoms in total. The van der Waals surface area contributed by atoms with Gasteiger partial charge in [-0.05, 0) is 55.4 Å². The first kappa shape index (κ1) is 13.9. The van der Waals surface area contributed by atoms with E-state index in [0.29, 0.717) is 6.04 Å². The molecule has 1 aliphatic carbocycles. The highest BCUT2D eigenvalue weighted by atomic mass is 16.5. The highest BCUT2D eigenvalue weighted by Gasteiger charge is 2.37. The van der Waals surface area contributed by atoms with Crippen molar-refractivity contribution in [2.45, 2.75) is 32.7 Å². The number of nitrogens with zero attached hydrogens (tertiary/aromatic N) is 1. The van der Waals surface area contributed by atoms with Gasteiger partial charge in [-0.2, -0.15) is 0 Å². The van der Waals surface area contributed by atoms with E-state index >= 15 is 0 Å². The summed E-state index contributed by atoms with van der Waals surface area (Å²) in [5.74, 6) is 1.88. The van der Waals surface area contributed by atoms with Crippen molar-refractivity contribution < 1.29 is 4.74 Å². The summed E-state index contributed by atoms with van der Waals surface area (Å²) in [6.07, 6.45) is 2.78. The van der Waals surface area contributed by atoms with Crippen molar-refractivity contribution in [3.05, 3.63) is 28.8 Å². The molecule has 1 N–H and O–H groups in total. The fourth-order valence-corrected chi connectivity index (χ4v) is 3.47. The van der Waals surface area contributed by atoms with Crippen LogP contribution in [0.15, 0.2) is 12.1 Å². The van der Waals surface area contributed by atoms with Crippen LogP contribution in [0, 0.1) is 19.8 Å². The zero-order valence-electron chi connectivity index (χ0n) is 12.9. The Morgan fingerprint density at radius 1 is 1.15 bits per heavy atom. The lowest BCUT2D eigenvalue weighted by Crippen LogP contribution is -2.45. The van der Waals surface area contributed by atoms with Crippen molar-refractivity contribution in [3.8, 4) is 5.75 Å². The molecule has 110 valence electrons. The second-order valence-corrected chi connectivity index (χ2v) is 6.25. The summed E-state index contributed by atoms with van der Waals surface area (Å²) in [6, 6.07) is 5.18. The Labute approximate surface area is 122 Å². The van der Waals surface area contributed by atoms with Crippen molar-refractivity contribution in [1.29, 1.82) is 0 Å². The maximum absolute atomic E-state index is 5.46. The number of hydrogen-bond acceptors (Lipinski definition) is 3. The van der Waals surface area contributed by atoms with E-state index in [9.17, 15) is 0 Å². The molecule has 1 saturated heterocycles. The predicted octanol–water partition coefficient (Wildman–Crippen LogP) is 2.67. The van der Waals surface area contributed by atoms with E-state index < -0.39 is 0 Å². The summed E-state index contributed by atoms with van der Waals surface area (Å²) >= 11 is 0. The molecular formula is C17H26N2O. The third kappa shape index (κ3) is 2.70. The largest absolute Gasteiger partial charge is 0.496 e. The van der Waals surface area contributed by atoms with Crippen LogP contribution in [0.3, 0.4) is 0 Å². The summed E-state index contributed by atoms with van der Waals surface area (Å²) < 4.78 is 5.46. The molecule has 2 fully saturated rings. The molecule has 1 aliphatic heterocycles. The molecule has 0 aromatic heterocycles. The molecule has 1 heterocycles. The molecular weight excluding hydrogens is 248 g/mol. The van der Waals surface area contributed by atoms with Crippen molar-refractivity contribution in [3.63, 3.8) is 0 Å². The maximum Gasteiger partial charge on any atom is 0.122 e. The summed E-state index contributed by atoms with van der Waals surface area (Å²) in [5, 5.41) is 3.46. The van der Waals surface area contributed by atoms with Crippen LogP contribution in [0.25, 0.3) is 0 Å². The van der Waals surface area contributed by atoms with Gasteiger partial charge < -0.3 is 10.1 Å². The monoisotopic (exact) mass is 274 g/mol. The van der Waals surface area contributed by atoms with Crippen LogP contribution < -0.4 is 10.1 Å². The van der Waals surface area contributed by atoms with Gasteiger partial charge in [-0.25, -0.2) is 0 Å². The van der Waals surface area contributed by atoms with Crippen LogP contribution in [0.4, 0.5) is 0 Å². The van der Waals surface area contributed by atoms with Gasteiger partial charge in [0, 0.05) is 32.2 Å². The zero-order chi connectivity index (χ0) is 14.1. The van der Waals surface area contributed by atoms with Crippen LogP contribution in [0.5, 0.6) is 5.75 Å². The fraction of sp³-hybridized carbons (Fsp3) is 0.647. The molecule has 0 bridgehead atoms. The smallest absolute Gasteiger partial charge is 0.122 e. The van der Waals surface area contributed by atoms with Gasteiger partial charge in [-0.3, -0.25) is 4.90 Å². The molecule has 1 aromatic rings. The van der Waals surface area contributed by atoms with E-state index in [1.54, 1.807) is 7.11 Å². The minimum Gasteiger partial charge on any atom is -0.496 e. The predicted molar refractivity (Wildman–Crippen MR) is 82.4 cm³/mol. The van der Waals surface area contributed by atoms with E-state index in [1.165, 1.54) is 42.6 Å². The van der Waals surface area contributed by atoms with Crippen molar-refractivity contribution >= 4 is 0 Å². The van der Waals surface area contributed by atoms with Gasteiger partial charge in [-0.15, -0.1) is 0 Å². The lowest BCUT2D eigenvalue weighted by molar-refractivity contribution is 0.155. The van der Waals surface area contributed by atoms with Crippen molar-refractivity contribution in [1.82, 2.24) is 10.2 Å². The van der Waals surface area contributed by atoms with E-state index in [1.807, 2.05) is 0 Å². The standard InChI is InChI=1S/C17H26N2O/c1-12-11-16(20-3)13(2)10-15(12)17(14-4-5-14)19-8-6-18-7-9-19/h10-11,14,17-18H,4-9H2,1-3H3. The number of nitrogens with one attached hydrogen (secondary N) is 1. The highest BCUT2D eigenvalue weighted by Crippen LogP contribution is 2.46. The minimum atomic E-state index is 0.613. The van der Waals surface area contributed by atoms with Crippen LogP contribution in [0.1, 0.15) is 35.6 Å². The normalized spacial score (nSPS) is 21.8. The Balaban J connectivity index is 1.92. The first-order valence-electron chi connectivity index (χ1n) is 7.80. The summed E-state index contributed by atoms with van der Waals surface area (Å²) in [4.78, 5) is 2.68. The molecule has 1 atom stereocenters. The molecule has 1 aromatic carbocycles. The molecule has 3 rings (SSSR count). The first-order valence-corrected chi connectivity index (χ1v) is 7.80. The maximum atomic E-state index is 5.46. The molecule has 3 heteroatoms. The second-order valence-electron chi connectivity index (χ2n) is 6.25. The van der Waals surface area contributed by atoms with Gasteiger partial charge in [0.2, 0.25) is 0 Å². The van der Waals surface area contributed by atoms with Gasteiger partial charge in [0.15, 0.2) is 0 Å². The summed E-state index contributed by atoms with van der Waals surface area (Å²) in [5.41, 5.74) is 4.16. The van der Waals surface area contributed by atoms with E-state index in [4.69, 9.17) is 4.74 Å². The van der Waals surface area contributed by atoms with E-state index in [0.717, 1.165) is 24.8 Å². The Morgan fingerprint density at radius 3 is 2.45 bits per heavy atom. The fourth-order valence-electron chi connectivity index (χ4n) is 3.47. The van der Waals surface area contributed by atoms with Crippen LogP contribution >= 0.6 is 0 Å². The molecule has 0 radical (unpaired) electrons. The average Bonchev–Trinajstić information content (AvgIpc) is 3.28. The topological polar surface area (TPSA) is 24.5 Å². The Hall–Kier alpha value is -1.06. The van der Waals surface area contributed by atoms with Gasteiger partial charge >= 0.3 is 0 Å². The summed E-state index contributed by atoms with van der Waals surface area (Å²) in [6.45, 7) is 8.98. The second kappa shape index (κ2) is 5.74. The number of ether oxygens (including phenoxy) is 1. The molecule has 1 unspecified atom stereocenters. The first-order chi connectivity index (χ1) is 9.70. The van der Waals surface area contributed by atoms with Crippen LogP contribution in [-0.4, -0.2) is 38.2 Å². The highest BCUT2D eigenvalue weighted by molar-refractivity contribution is 5.43. The molecule has 0 spiro atoms. The third-order valence-corrected chi connectivity index (χ3v) is 4.72. The number of benzene rings is 1. The molecule has 2 aliphatic rings. The SMILES string of the molecule is COc1cc(C)c(C(C2CC2)N2CCNCC2)cc1C. The number of rotatable bonds is 4. The van der Waals surface area contributed by atoms with Crippen LogP contribution in [0.2, 0.25) is 0 Å². The van der Waals surface area contributed by atoms with Gasteiger partial charge in [0.05, 0.1) is 7.11 Å². The van der Waals surface area contributed by atoms with Crippen molar-refractivity contribution in [2.75, 3.05) is 33.3 Å². The molecule has 20 heavy (non-hydrogen) atoms. The van der Waals surface area contributed by atoms with E-state index in [-0.39, 0.29) is 0 Å². The summed E-state index contributed by atoms with van der Waals surface area (Å²) in [7, 11) is 1.76. The Bertz CT molecular complexity index is 476. The molecule has 1 saturated carbocycles. The molecule has 0 amide bonds. The lowest BCUT2D eigenvalue weighted by atomic mass is 9.93. The Morgan fingerprint density at radius 2 is 1.85 bits per heavy atom. The number of piperazine rings is 1. The quantitative estimate of drug-likeness (QED) is 0.913. The van der Waals surface area contributed by atoms with Gasteiger partial charge in [-0.1, -0.05) is 6.07 Å². The van der Waals surface area contributed by atoms with Crippen LogP contribution in [-0.2, 0) is 0 Å². The van der Waals surface area contributed by atoms with Gasteiger partial charge in [0.25, 0.3) is 0 Å². The number of methoxy groups -OCH3 is 1.